The molecule has 35 heavy (non-hydrogen) atoms. The number of aromatic nitrogens is 6. The summed E-state index contributed by atoms with van der Waals surface area (Å²) in [5.74, 6) is -0.114. The van der Waals surface area contributed by atoms with E-state index in [-0.39, 0.29) is 12.6 Å². The first-order chi connectivity index (χ1) is 16.9. The van der Waals surface area contributed by atoms with Crippen LogP contribution in [0.1, 0.15) is 11.3 Å². The normalized spacial score (nSPS) is 11.1. The summed E-state index contributed by atoms with van der Waals surface area (Å²) in [6.07, 6.45) is 1.45. The molecule has 3 aromatic heterocycles. The zero-order chi connectivity index (χ0) is 24.5. The molecule has 5 rings (SSSR count). The van der Waals surface area contributed by atoms with E-state index in [2.05, 4.69) is 25.5 Å². The predicted molar refractivity (Wildman–Crippen MR) is 127 cm³/mol. The van der Waals surface area contributed by atoms with Crippen molar-refractivity contribution in [3.05, 3.63) is 88.2 Å². The van der Waals surface area contributed by atoms with Gasteiger partial charge in [-0.1, -0.05) is 17.7 Å². The number of hydrogen-bond donors (Lipinski definition) is 2. The molecule has 10 nitrogen and oxygen atoms in total. The largest absolute Gasteiger partial charge is 0.484 e. The fourth-order valence-corrected chi connectivity index (χ4v) is 3.49. The van der Waals surface area contributed by atoms with Crippen LogP contribution >= 0.6 is 0 Å². The molecule has 0 saturated carbocycles. The summed E-state index contributed by atoms with van der Waals surface area (Å²) in [5, 5.41) is 11.7. The molecule has 0 aliphatic heterocycles. The molecule has 0 atom stereocenters. The molecule has 5 aromatic rings. The lowest BCUT2D eigenvalue weighted by molar-refractivity contribution is -0.118. The number of anilines is 1. The maximum absolute atomic E-state index is 13.0. The molecular formula is C24H20FN7O3. The van der Waals surface area contributed by atoms with Crippen LogP contribution in [0.5, 0.6) is 5.75 Å². The maximum Gasteiger partial charge on any atom is 0.263 e. The number of H-pyrrole nitrogens is 1. The molecule has 11 heteroatoms. The lowest BCUT2D eigenvalue weighted by Crippen LogP contribution is -2.23. The van der Waals surface area contributed by atoms with E-state index in [1.807, 2.05) is 31.2 Å². The van der Waals surface area contributed by atoms with Gasteiger partial charge in [-0.15, -0.1) is 0 Å². The average Bonchev–Trinajstić information content (AvgIpc) is 3.43. The van der Waals surface area contributed by atoms with Gasteiger partial charge in [-0.2, -0.15) is 19.9 Å². The van der Waals surface area contributed by atoms with Crippen LogP contribution in [0.3, 0.4) is 0 Å². The number of carbonyl (C=O) groups excluding carboxylic acids is 1. The first-order valence-corrected chi connectivity index (χ1v) is 10.7. The zero-order valence-corrected chi connectivity index (χ0v) is 18.8. The fourth-order valence-electron chi connectivity index (χ4n) is 3.49. The lowest BCUT2D eigenvalue weighted by atomic mass is 10.2. The van der Waals surface area contributed by atoms with Gasteiger partial charge in [0.25, 0.3) is 11.5 Å². The number of amides is 1. The molecule has 0 fully saturated rings. The van der Waals surface area contributed by atoms with Gasteiger partial charge in [0.05, 0.1) is 17.6 Å². The van der Waals surface area contributed by atoms with Crippen molar-refractivity contribution in [2.45, 2.75) is 13.8 Å². The highest BCUT2D eigenvalue weighted by molar-refractivity contribution is 5.91. The Bertz CT molecular complexity index is 1580. The minimum atomic E-state index is -0.469. The van der Waals surface area contributed by atoms with Crippen LogP contribution in [0.4, 0.5) is 10.2 Å². The van der Waals surface area contributed by atoms with Gasteiger partial charge < -0.3 is 10.1 Å². The second kappa shape index (κ2) is 8.86. The topological polar surface area (TPSA) is 120 Å². The van der Waals surface area contributed by atoms with E-state index < -0.39 is 17.3 Å². The Hall–Kier alpha value is -4.80. The molecule has 0 saturated heterocycles. The van der Waals surface area contributed by atoms with Crippen molar-refractivity contribution in [2.24, 2.45) is 0 Å². The second-order valence-corrected chi connectivity index (χ2v) is 7.89. The molecule has 176 valence electrons. The molecular weight excluding hydrogens is 453 g/mol. The summed E-state index contributed by atoms with van der Waals surface area (Å²) in [7, 11) is 0. The van der Waals surface area contributed by atoms with Crippen molar-refractivity contribution in [3.63, 3.8) is 0 Å². The number of carbonyl (C=O) groups is 1. The summed E-state index contributed by atoms with van der Waals surface area (Å²) in [6, 6.07) is 14.6. The van der Waals surface area contributed by atoms with Gasteiger partial charge in [-0.05, 0) is 50.2 Å². The smallest absolute Gasteiger partial charge is 0.263 e. The molecule has 0 aliphatic carbocycles. The minimum absolute atomic E-state index is 0.110. The van der Waals surface area contributed by atoms with Crippen LogP contribution in [-0.4, -0.2) is 42.0 Å². The van der Waals surface area contributed by atoms with Gasteiger partial charge in [0.15, 0.2) is 12.3 Å². The average molecular weight is 473 g/mol. The van der Waals surface area contributed by atoms with E-state index in [0.717, 1.165) is 11.3 Å². The summed E-state index contributed by atoms with van der Waals surface area (Å²) in [5.41, 5.74) is 2.38. The van der Waals surface area contributed by atoms with Crippen molar-refractivity contribution in [1.82, 2.24) is 29.5 Å². The highest BCUT2D eigenvalue weighted by atomic mass is 19.1. The Morgan fingerprint density at radius 3 is 2.57 bits per heavy atom. The van der Waals surface area contributed by atoms with Crippen LogP contribution in [0.2, 0.25) is 0 Å². The van der Waals surface area contributed by atoms with Crippen molar-refractivity contribution in [1.29, 1.82) is 0 Å². The first kappa shape index (κ1) is 22.0. The number of ether oxygens (including phenoxy) is 1. The third kappa shape index (κ3) is 4.51. The van der Waals surface area contributed by atoms with Crippen molar-refractivity contribution < 1.29 is 13.9 Å². The van der Waals surface area contributed by atoms with E-state index in [1.54, 1.807) is 17.7 Å². The molecule has 0 unspecified atom stereocenters. The molecule has 1 amide bonds. The Morgan fingerprint density at radius 2 is 1.83 bits per heavy atom. The predicted octanol–water partition coefficient (Wildman–Crippen LogP) is 3.07. The number of hydrogen-bond acceptors (Lipinski definition) is 6. The molecule has 0 bridgehead atoms. The Balaban J connectivity index is 1.44. The monoisotopic (exact) mass is 473 g/mol. The van der Waals surface area contributed by atoms with Crippen molar-refractivity contribution >= 4 is 22.8 Å². The quantitative estimate of drug-likeness (QED) is 0.391. The van der Waals surface area contributed by atoms with Crippen molar-refractivity contribution in [3.8, 4) is 17.4 Å². The summed E-state index contributed by atoms with van der Waals surface area (Å²) < 4.78 is 21.3. The number of benzene rings is 2. The van der Waals surface area contributed by atoms with Gasteiger partial charge >= 0.3 is 0 Å². The van der Waals surface area contributed by atoms with Crippen LogP contribution in [0.25, 0.3) is 22.7 Å². The standard InChI is InChI=1S/C24H20FN7O3/c1-14-3-7-17(8-4-14)31-22-19(12-26-31)23(34)29-24(28-22)32-20(11-15(2)30-32)27-21(33)13-35-18-9-5-16(25)6-10-18/h3-12H,13H2,1-2H3,(H,27,33)(H,28,29,34). The molecule has 0 spiro atoms. The van der Waals surface area contributed by atoms with Gasteiger partial charge in [-0.3, -0.25) is 14.6 Å². The number of rotatable bonds is 6. The SMILES string of the molecule is Cc1ccc(-n2ncc3c(=O)[nH]c(-n4nc(C)cc4NC(=O)COc4ccc(F)cc4)nc32)cc1. The third-order valence-electron chi connectivity index (χ3n) is 5.19. The molecule has 2 N–H and O–H groups in total. The van der Waals surface area contributed by atoms with E-state index >= 15 is 0 Å². The van der Waals surface area contributed by atoms with Gasteiger partial charge in [0.2, 0.25) is 5.95 Å². The summed E-state index contributed by atoms with van der Waals surface area (Å²) in [6.45, 7) is 3.42. The number of halogens is 1. The Morgan fingerprint density at radius 1 is 1.09 bits per heavy atom. The molecule has 0 radical (unpaired) electrons. The maximum atomic E-state index is 13.0. The van der Waals surface area contributed by atoms with E-state index in [0.29, 0.717) is 28.3 Å². The third-order valence-corrected chi connectivity index (χ3v) is 5.19. The van der Waals surface area contributed by atoms with Gasteiger partial charge in [0, 0.05) is 6.07 Å². The summed E-state index contributed by atoms with van der Waals surface area (Å²) >= 11 is 0. The number of aryl methyl sites for hydroxylation is 2. The van der Waals surface area contributed by atoms with Gasteiger partial charge in [-0.25, -0.2) is 9.07 Å². The zero-order valence-electron chi connectivity index (χ0n) is 18.8. The Labute approximate surface area is 198 Å². The number of fused-ring (bicyclic) bond motifs is 1. The number of nitrogens with zero attached hydrogens (tertiary/aromatic N) is 5. The highest BCUT2D eigenvalue weighted by Gasteiger charge is 2.17. The Kier molecular flexibility index (Phi) is 5.57. The molecule has 2 aromatic carbocycles. The number of aromatic amines is 1. The van der Waals surface area contributed by atoms with E-state index in [9.17, 15) is 14.0 Å². The van der Waals surface area contributed by atoms with Crippen LogP contribution in [-0.2, 0) is 4.79 Å². The lowest BCUT2D eigenvalue weighted by Gasteiger charge is -2.10. The number of nitrogens with one attached hydrogen (secondary N) is 2. The highest BCUT2D eigenvalue weighted by Crippen LogP contribution is 2.18. The van der Waals surface area contributed by atoms with Crippen LogP contribution in [0, 0.1) is 19.7 Å². The molecule has 0 aliphatic rings. The van der Waals surface area contributed by atoms with Crippen molar-refractivity contribution in [2.75, 3.05) is 11.9 Å². The summed E-state index contributed by atoms with van der Waals surface area (Å²) in [4.78, 5) is 32.5. The van der Waals surface area contributed by atoms with Crippen LogP contribution < -0.4 is 15.6 Å². The molecule has 3 heterocycles. The minimum Gasteiger partial charge on any atom is -0.484 e. The van der Waals surface area contributed by atoms with Crippen LogP contribution in [0.15, 0.2) is 65.6 Å². The fraction of sp³-hybridized carbons (Fsp3) is 0.125. The van der Waals surface area contributed by atoms with E-state index in [4.69, 9.17) is 4.74 Å². The second-order valence-electron chi connectivity index (χ2n) is 7.89. The van der Waals surface area contributed by atoms with E-state index in [1.165, 1.54) is 35.1 Å². The first-order valence-electron chi connectivity index (χ1n) is 10.7. The van der Waals surface area contributed by atoms with Gasteiger partial charge in [0.1, 0.15) is 22.8 Å².